The van der Waals surface area contributed by atoms with Crippen molar-refractivity contribution in [1.29, 1.82) is 0 Å². The van der Waals surface area contributed by atoms with Crippen molar-refractivity contribution in [2.24, 2.45) is 0 Å². The average molecular weight is 352 g/mol. The highest BCUT2D eigenvalue weighted by Gasteiger charge is 2.29. The Morgan fingerprint density at radius 2 is 2.04 bits per heavy atom. The normalized spacial score (nSPS) is 17.8. The first-order valence-electron chi connectivity index (χ1n) is 8.16. The summed E-state index contributed by atoms with van der Waals surface area (Å²) in [6.07, 6.45) is 0.978. The van der Waals surface area contributed by atoms with Crippen LogP contribution in [0.15, 0.2) is 18.2 Å². The van der Waals surface area contributed by atoms with Crippen LogP contribution >= 0.6 is 0 Å². The molecule has 1 aromatic carbocycles. The molecule has 0 spiro atoms. The van der Waals surface area contributed by atoms with Crippen LogP contribution in [0.2, 0.25) is 0 Å². The van der Waals surface area contributed by atoms with E-state index in [1.165, 1.54) is 25.3 Å². The van der Waals surface area contributed by atoms with Gasteiger partial charge in [0.25, 0.3) is 5.69 Å². The van der Waals surface area contributed by atoms with Crippen LogP contribution in [0.25, 0.3) is 0 Å². The van der Waals surface area contributed by atoms with Gasteiger partial charge >= 0.3 is 6.09 Å². The Balaban J connectivity index is 2.05. The topological polar surface area (TPSA) is 91.1 Å². The number of non-ortho nitro benzene ring substituents is 1. The van der Waals surface area contributed by atoms with Gasteiger partial charge in [0, 0.05) is 12.6 Å². The van der Waals surface area contributed by atoms with Gasteiger partial charge < -0.3 is 19.1 Å². The van der Waals surface area contributed by atoms with E-state index in [9.17, 15) is 14.9 Å². The summed E-state index contributed by atoms with van der Waals surface area (Å²) in [7, 11) is 1.43. The number of hydrogen-bond donors (Lipinski definition) is 0. The highest BCUT2D eigenvalue weighted by Crippen LogP contribution is 2.33. The van der Waals surface area contributed by atoms with Crippen LogP contribution in [-0.2, 0) is 4.74 Å². The van der Waals surface area contributed by atoms with Crippen LogP contribution in [0.1, 0.15) is 33.6 Å². The predicted octanol–water partition coefficient (Wildman–Crippen LogP) is 3.38. The molecular weight excluding hydrogens is 328 g/mol. The number of ether oxygens (including phenoxy) is 3. The van der Waals surface area contributed by atoms with E-state index < -0.39 is 10.5 Å². The van der Waals surface area contributed by atoms with Crippen molar-refractivity contribution < 1.29 is 23.9 Å². The monoisotopic (exact) mass is 352 g/mol. The lowest BCUT2D eigenvalue weighted by Crippen LogP contribution is -2.46. The van der Waals surface area contributed by atoms with Gasteiger partial charge in [0.2, 0.25) is 0 Å². The molecule has 2 rings (SSSR count). The maximum atomic E-state index is 12.2. The molecule has 0 radical (unpaired) electrons. The molecule has 1 heterocycles. The second-order valence-electron chi connectivity index (χ2n) is 6.90. The highest BCUT2D eigenvalue weighted by molar-refractivity contribution is 5.68. The predicted molar refractivity (Wildman–Crippen MR) is 91.1 cm³/mol. The maximum absolute atomic E-state index is 12.2. The minimum Gasteiger partial charge on any atom is -0.493 e. The SMILES string of the molecule is COc1cc([N+](=O)[O-])ccc1O[C@H]1CCCN(C(=O)OC(C)(C)C)C1. The summed E-state index contributed by atoms with van der Waals surface area (Å²) in [5.41, 5.74) is -0.616. The number of hydrogen-bond acceptors (Lipinski definition) is 6. The molecule has 8 heteroatoms. The van der Waals surface area contributed by atoms with Crippen molar-refractivity contribution in [3.63, 3.8) is 0 Å². The summed E-state index contributed by atoms with van der Waals surface area (Å²) in [6.45, 7) is 6.49. The van der Waals surface area contributed by atoms with E-state index in [4.69, 9.17) is 14.2 Å². The summed E-state index contributed by atoms with van der Waals surface area (Å²) in [5.74, 6) is 0.715. The summed E-state index contributed by atoms with van der Waals surface area (Å²) >= 11 is 0. The number of carbonyl (C=O) groups is 1. The van der Waals surface area contributed by atoms with Gasteiger partial charge in [-0.1, -0.05) is 0 Å². The Labute approximate surface area is 146 Å². The molecule has 1 fully saturated rings. The van der Waals surface area contributed by atoms with E-state index in [2.05, 4.69) is 0 Å². The number of nitrogens with zero attached hydrogens (tertiary/aromatic N) is 2. The third kappa shape index (κ3) is 5.23. The van der Waals surface area contributed by atoms with E-state index in [0.717, 1.165) is 12.8 Å². The summed E-state index contributed by atoms with van der Waals surface area (Å²) in [5, 5.41) is 10.9. The van der Waals surface area contributed by atoms with Gasteiger partial charge in [0.1, 0.15) is 11.7 Å². The molecule has 0 aliphatic carbocycles. The van der Waals surface area contributed by atoms with E-state index >= 15 is 0 Å². The summed E-state index contributed by atoms with van der Waals surface area (Å²) < 4.78 is 16.5. The van der Waals surface area contributed by atoms with Crippen molar-refractivity contribution >= 4 is 11.8 Å². The third-order valence-electron chi connectivity index (χ3n) is 3.68. The molecule has 1 atom stereocenters. The first-order chi connectivity index (χ1) is 11.7. The lowest BCUT2D eigenvalue weighted by Gasteiger charge is -2.34. The third-order valence-corrected chi connectivity index (χ3v) is 3.68. The number of nitro benzene ring substituents is 1. The van der Waals surface area contributed by atoms with Gasteiger partial charge in [-0.3, -0.25) is 10.1 Å². The van der Waals surface area contributed by atoms with Gasteiger partial charge in [0.15, 0.2) is 11.5 Å². The lowest BCUT2D eigenvalue weighted by molar-refractivity contribution is -0.385. The lowest BCUT2D eigenvalue weighted by atomic mass is 10.1. The van der Waals surface area contributed by atoms with Crippen LogP contribution < -0.4 is 9.47 Å². The minimum absolute atomic E-state index is 0.0665. The van der Waals surface area contributed by atoms with Crippen LogP contribution in [0.5, 0.6) is 11.5 Å². The quantitative estimate of drug-likeness (QED) is 0.609. The molecule has 1 amide bonds. The number of amides is 1. The molecule has 1 aliphatic rings. The van der Waals surface area contributed by atoms with E-state index in [1.54, 1.807) is 4.90 Å². The maximum Gasteiger partial charge on any atom is 0.410 e. The van der Waals surface area contributed by atoms with Crippen LogP contribution in [0, 0.1) is 10.1 Å². The van der Waals surface area contributed by atoms with E-state index in [0.29, 0.717) is 24.6 Å². The smallest absolute Gasteiger partial charge is 0.410 e. The fourth-order valence-corrected chi connectivity index (χ4v) is 2.57. The van der Waals surface area contributed by atoms with Crippen molar-refractivity contribution in [3.8, 4) is 11.5 Å². The molecule has 138 valence electrons. The largest absolute Gasteiger partial charge is 0.493 e. The Morgan fingerprint density at radius 3 is 2.64 bits per heavy atom. The zero-order chi connectivity index (χ0) is 18.6. The molecule has 8 nitrogen and oxygen atoms in total. The molecule has 25 heavy (non-hydrogen) atoms. The Hall–Kier alpha value is -2.51. The first kappa shape index (κ1) is 18.8. The number of rotatable bonds is 4. The number of likely N-dealkylation sites (tertiary alicyclic amines) is 1. The molecule has 0 aromatic heterocycles. The minimum atomic E-state index is -0.549. The standard InChI is InChI=1S/C17H24N2O6/c1-17(2,3)25-16(20)18-9-5-6-13(11-18)24-14-8-7-12(19(21)22)10-15(14)23-4/h7-8,10,13H,5-6,9,11H2,1-4H3/t13-/m0/s1. The fourth-order valence-electron chi connectivity index (χ4n) is 2.57. The number of piperidine rings is 1. The number of carbonyl (C=O) groups excluding carboxylic acids is 1. The molecule has 1 aliphatic heterocycles. The average Bonchev–Trinajstić information content (AvgIpc) is 2.53. The molecule has 0 saturated carbocycles. The van der Waals surface area contributed by atoms with Gasteiger partial charge in [-0.2, -0.15) is 0 Å². The summed E-state index contributed by atoms with van der Waals surface area (Å²) in [4.78, 5) is 24.2. The molecule has 1 saturated heterocycles. The summed E-state index contributed by atoms with van der Waals surface area (Å²) in [6, 6.07) is 4.21. The Kier molecular flexibility index (Phi) is 5.71. The van der Waals surface area contributed by atoms with Gasteiger partial charge in [0.05, 0.1) is 24.6 Å². The van der Waals surface area contributed by atoms with Crippen molar-refractivity contribution in [2.45, 2.75) is 45.3 Å². The van der Waals surface area contributed by atoms with Crippen LogP contribution in [0.3, 0.4) is 0 Å². The van der Waals surface area contributed by atoms with Gasteiger partial charge in [-0.05, 0) is 39.7 Å². The molecule has 0 unspecified atom stereocenters. The highest BCUT2D eigenvalue weighted by atomic mass is 16.6. The van der Waals surface area contributed by atoms with Crippen molar-refractivity contribution in [3.05, 3.63) is 28.3 Å². The zero-order valence-corrected chi connectivity index (χ0v) is 15.0. The van der Waals surface area contributed by atoms with Crippen LogP contribution in [0.4, 0.5) is 10.5 Å². The first-order valence-corrected chi connectivity index (χ1v) is 8.16. The molecule has 0 N–H and O–H groups in total. The fraction of sp³-hybridized carbons (Fsp3) is 0.588. The van der Waals surface area contributed by atoms with Gasteiger partial charge in [-0.25, -0.2) is 4.79 Å². The van der Waals surface area contributed by atoms with E-state index in [-0.39, 0.29) is 17.9 Å². The number of nitro groups is 1. The zero-order valence-electron chi connectivity index (χ0n) is 15.0. The number of methoxy groups -OCH3 is 1. The van der Waals surface area contributed by atoms with Crippen molar-refractivity contribution in [2.75, 3.05) is 20.2 Å². The van der Waals surface area contributed by atoms with Crippen LogP contribution in [-0.4, -0.2) is 47.8 Å². The Morgan fingerprint density at radius 1 is 1.32 bits per heavy atom. The molecular formula is C17H24N2O6. The second kappa shape index (κ2) is 7.58. The van der Waals surface area contributed by atoms with E-state index in [1.807, 2.05) is 20.8 Å². The van der Waals surface area contributed by atoms with Gasteiger partial charge in [-0.15, -0.1) is 0 Å². The number of benzene rings is 1. The Bertz CT molecular complexity index is 641. The second-order valence-corrected chi connectivity index (χ2v) is 6.90. The van der Waals surface area contributed by atoms with Crippen molar-refractivity contribution in [1.82, 2.24) is 4.90 Å². The molecule has 0 bridgehead atoms. The molecule has 1 aromatic rings.